The number of halogens is 1. The molecule has 1 aromatic heterocycles. The summed E-state index contributed by atoms with van der Waals surface area (Å²) in [6.07, 6.45) is 3.55. The van der Waals surface area contributed by atoms with Gasteiger partial charge >= 0.3 is 0 Å². The van der Waals surface area contributed by atoms with Crippen LogP contribution in [0.15, 0.2) is 4.47 Å². The average Bonchev–Trinajstić information content (AvgIpc) is 2.54. The van der Waals surface area contributed by atoms with Crippen LogP contribution in [0.4, 0.5) is 0 Å². The van der Waals surface area contributed by atoms with Gasteiger partial charge in [-0.15, -0.1) is 0 Å². The second kappa shape index (κ2) is 7.84. The molecule has 0 bridgehead atoms. The summed E-state index contributed by atoms with van der Waals surface area (Å²) in [5, 5.41) is 7.81. The van der Waals surface area contributed by atoms with Crippen LogP contribution in [-0.2, 0) is 18.3 Å². The largest absolute Gasteiger partial charge is 0.385 e. The number of unbranched alkanes of at least 4 members (excludes halogenated alkanes) is 2. The zero-order valence-corrected chi connectivity index (χ0v) is 12.5. The number of aromatic nitrogens is 2. The Bertz CT molecular complexity index is 339. The minimum Gasteiger partial charge on any atom is -0.385 e. The lowest BCUT2D eigenvalue weighted by atomic mass is 10.2. The number of methoxy groups -OCH3 is 1. The highest BCUT2D eigenvalue weighted by molar-refractivity contribution is 9.10. The van der Waals surface area contributed by atoms with Gasteiger partial charge in [0.2, 0.25) is 0 Å². The summed E-state index contributed by atoms with van der Waals surface area (Å²) in [5.41, 5.74) is 2.25. The van der Waals surface area contributed by atoms with Crippen molar-refractivity contribution in [3.63, 3.8) is 0 Å². The average molecular weight is 304 g/mol. The van der Waals surface area contributed by atoms with E-state index in [0.717, 1.165) is 36.3 Å². The van der Waals surface area contributed by atoms with E-state index in [4.69, 9.17) is 4.74 Å². The molecule has 0 saturated carbocycles. The zero-order valence-electron chi connectivity index (χ0n) is 10.9. The number of ether oxygens (including phenoxy) is 1. The van der Waals surface area contributed by atoms with Crippen LogP contribution in [-0.4, -0.2) is 30.0 Å². The lowest BCUT2D eigenvalue weighted by Gasteiger charge is -2.06. The molecule has 98 valence electrons. The SMILES string of the molecule is COCCCCCNCc1c(Br)c(C)nn1C. The van der Waals surface area contributed by atoms with Crippen LogP contribution in [0.25, 0.3) is 0 Å². The molecule has 1 rings (SSSR count). The van der Waals surface area contributed by atoms with Crippen LogP contribution >= 0.6 is 15.9 Å². The van der Waals surface area contributed by atoms with Gasteiger partial charge in [-0.05, 0) is 48.7 Å². The van der Waals surface area contributed by atoms with Crippen molar-refractivity contribution in [2.24, 2.45) is 7.05 Å². The predicted molar refractivity (Wildman–Crippen MR) is 73.1 cm³/mol. The Kier molecular flexibility index (Phi) is 6.77. The fourth-order valence-corrected chi connectivity index (χ4v) is 2.23. The first-order valence-corrected chi connectivity index (χ1v) is 6.83. The molecule has 0 aliphatic carbocycles. The standard InChI is InChI=1S/C12H22BrN3O/c1-10-12(13)11(16(2)15-10)9-14-7-5-4-6-8-17-3/h14H,4-9H2,1-3H3. The molecule has 17 heavy (non-hydrogen) atoms. The van der Waals surface area contributed by atoms with E-state index in [1.54, 1.807) is 7.11 Å². The van der Waals surface area contributed by atoms with Crippen LogP contribution in [0.3, 0.4) is 0 Å². The third kappa shape index (κ3) is 4.77. The van der Waals surface area contributed by atoms with Gasteiger partial charge in [0.05, 0.1) is 15.9 Å². The minimum absolute atomic E-state index is 0.863. The second-order valence-corrected chi connectivity index (χ2v) is 4.99. The molecule has 5 heteroatoms. The van der Waals surface area contributed by atoms with E-state index in [1.165, 1.54) is 18.5 Å². The Morgan fingerprint density at radius 3 is 2.71 bits per heavy atom. The molecule has 0 aliphatic rings. The highest BCUT2D eigenvalue weighted by Crippen LogP contribution is 2.19. The maximum absolute atomic E-state index is 5.01. The first-order valence-electron chi connectivity index (χ1n) is 6.04. The molecular weight excluding hydrogens is 282 g/mol. The van der Waals surface area contributed by atoms with E-state index in [2.05, 4.69) is 26.3 Å². The molecule has 0 amide bonds. The highest BCUT2D eigenvalue weighted by Gasteiger charge is 2.09. The van der Waals surface area contributed by atoms with Gasteiger partial charge in [-0.1, -0.05) is 0 Å². The normalized spacial score (nSPS) is 11.1. The molecule has 0 unspecified atom stereocenters. The van der Waals surface area contributed by atoms with Gasteiger partial charge in [-0.25, -0.2) is 0 Å². The molecule has 0 aromatic carbocycles. The van der Waals surface area contributed by atoms with Gasteiger partial charge in [-0.2, -0.15) is 5.10 Å². The van der Waals surface area contributed by atoms with E-state index < -0.39 is 0 Å². The molecule has 0 fully saturated rings. The van der Waals surface area contributed by atoms with Crippen molar-refractivity contribution in [1.29, 1.82) is 0 Å². The van der Waals surface area contributed by atoms with Crippen LogP contribution in [0.5, 0.6) is 0 Å². The lowest BCUT2D eigenvalue weighted by Crippen LogP contribution is -2.17. The summed E-state index contributed by atoms with van der Waals surface area (Å²) in [6.45, 7) is 4.79. The summed E-state index contributed by atoms with van der Waals surface area (Å²) in [5.74, 6) is 0. The minimum atomic E-state index is 0.863. The number of rotatable bonds is 8. The Hall–Kier alpha value is -0.390. The molecule has 1 aromatic rings. The third-order valence-electron chi connectivity index (χ3n) is 2.76. The Morgan fingerprint density at radius 1 is 1.35 bits per heavy atom. The first-order chi connectivity index (χ1) is 8.16. The van der Waals surface area contributed by atoms with Crippen molar-refractivity contribution in [2.45, 2.75) is 32.7 Å². The van der Waals surface area contributed by atoms with Crippen molar-refractivity contribution in [1.82, 2.24) is 15.1 Å². The van der Waals surface area contributed by atoms with E-state index in [-0.39, 0.29) is 0 Å². The van der Waals surface area contributed by atoms with Crippen LogP contribution < -0.4 is 5.32 Å². The Labute approximate surface area is 112 Å². The second-order valence-electron chi connectivity index (χ2n) is 4.20. The molecule has 0 saturated heterocycles. The number of nitrogens with one attached hydrogen (secondary N) is 1. The molecule has 0 aliphatic heterocycles. The summed E-state index contributed by atoms with van der Waals surface area (Å²) >= 11 is 3.56. The van der Waals surface area contributed by atoms with Crippen molar-refractivity contribution < 1.29 is 4.74 Å². The summed E-state index contributed by atoms with van der Waals surface area (Å²) in [6, 6.07) is 0. The number of aryl methyl sites for hydroxylation is 2. The lowest BCUT2D eigenvalue weighted by molar-refractivity contribution is 0.192. The maximum Gasteiger partial charge on any atom is 0.0739 e. The third-order valence-corrected chi connectivity index (χ3v) is 3.79. The topological polar surface area (TPSA) is 39.1 Å². The van der Waals surface area contributed by atoms with Gasteiger partial charge < -0.3 is 10.1 Å². The van der Waals surface area contributed by atoms with E-state index in [0.29, 0.717) is 0 Å². The van der Waals surface area contributed by atoms with Crippen molar-refractivity contribution in [2.75, 3.05) is 20.3 Å². The number of hydrogen-bond acceptors (Lipinski definition) is 3. The van der Waals surface area contributed by atoms with Gasteiger partial charge in [0, 0.05) is 27.3 Å². The van der Waals surface area contributed by atoms with Gasteiger partial charge in [-0.3, -0.25) is 4.68 Å². The summed E-state index contributed by atoms with van der Waals surface area (Å²) in [4.78, 5) is 0. The Balaban J connectivity index is 2.18. The monoisotopic (exact) mass is 303 g/mol. The fraction of sp³-hybridized carbons (Fsp3) is 0.750. The first kappa shape index (κ1) is 14.7. The molecule has 0 radical (unpaired) electrons. The van der Waals surface area contributed by atoms with E-state index >= 15 is 0 Å². The van der Waals surface area contributed by atoms with E-state index in [1.807, 2.05) is 18.7 Å². The number of hydrogen-bond donors (Lipinski definition) is 1. The Morgan fingerprint density at radius 2 is 2.12 bits per heavy atom. The van der Waals surface area contributed by atoms with Crippen LogP contribution in [0.2, 0.25) is 0 Å². The van der Waals surface area contributed by atoms with Crippen molar-refractivity contribution >= 4 is 15.9 Å². The molecule has 0 spiro atoms. The molecule has 1 N–H and O–H groups in total. The van der Waals surface area contributed by atoms with E-state index in [9.17, 15) is 0 Å². The van der Waals surface area contributed by atoms with Gasteiger partial charge in [0.25, 0.3) is 0 Å². The fourth-order valence-electron chi connectivity index (χ4n) is 1.75. The number of nitrogens with zero attached hydrogens (tertiary/aromatic N) is 2. The molecule has 1 heterocycles. The zero-order chi connectivity index (χ0) is 12.7. The summed E-state index contributed by atoms with van der Waals surface area (Å²) in [7, 11) is 3.73. The van der Waals surface area contributed by atoms with Crippen molar-refractivity contribution in [3.8, 4) is 0 Å². The molecule has 0 atom stereocenters. The molecular formula is C12H22BrN3O. The smallest absolute Gasteiger partial charge is 0.0739 e. The quantitative estimate of drug-likeness (QED) is 0.750. The van der Waals surface area contributed by atoms with Crippen molar-refractivity contribution in [3.05, 3.63) is 15.9 Å². The molecule has 4 nitrogen and oxygen atoms in total. The summed E-state index contributed by atoms with van der Waals surface area (Å²) < 4.78 is 8.06. The maximum atomic E-state index is 5.01. The highest BCUT2D eigenvalue weighted by atomic mass is 79.9. The van der Waals surface area contributed by atoms with Crippen LogP contribution in [0.1, 0.15) is 30.7 Å². The van der Waals surface area contributed by atoms with Gasteiger partial charge in [0.1, 0.15) is 0 Å². The predicted octanol–water partition coefficient (Wildman–Crippen LogP) is 2.40. The van der Waals surface area contributed by atoms with Crippen LogP contribution in [0, 0.1) is 6.92 Å². The van der Waals surface area contributed by atoms with Gasteiger partial charge in [0.15, 0.2) is 0 Å².